The molecule has 9 heteroatoms. The van der Waals surface area contributed by atoms with Crippen molar-refractivity contribution in [3.05, 3.63) is 23.6 Å². The molecule has 8 nitrogen and oxygen atoms in total. The molecule has 0 aliphatic carbocycles. The maximum Gasteiger partial charge on any atom is 0.323 e. The van der Waals surface area contributed by atoms with Crippen molar-refractivity contribution in [3.63, 3.8) is 0 Å². The number of benzene rings is 1. The van der Waals surface area contributed by atoms with E-state index in [0.717, 1.165) is 0 Å². The first kappa shape index (κ1) is 20.9. The van der Waals surface area contributed by atoms with Gasteiger partial charge in [-0.05, 0) is 26.0 Å². The number of aromatic nitrogens is 1. The number of aromatic hydroxyl groups is 2. The molecule has 27 heavy (non-hydrogen) atoms. The lowest BCUT2D eigenvalue weighted by molar-refractivity contribution is 0.0957. The maximum atomic E-state index is 12.5. The number of anilines is 1. The fraction of sp³-hybridized carbons (Fsp3) is 0.444. The number of ether oxygens (including phenoxy) is 2. The van der Waals surface area contributed by atoms with Crippen LogP contribution in [0.4, 0.5) is 9.93 Å². The fourth-order valence-corrected chi connectivity index (χ4v) is 3.02. The van der Waals surface area contributed by atoms with Gasteiger partial charge >= 0.3 is 6.03 Å². The number of carbonyl (C=O) groups is 1. The molecule has 0 atom stereocenters. The largest absolute Gasteiger partial charge is 0.508 e. The summed E-state index contributed by atoms with van der Waals surface area (Å²) in [5, 5.41) is 24.2. The van der Waals surface area contributed by atoms with Gasteiger partial charge < -0.3 is 24.6 Å². The highest BCUT2D eigenvalue weighted by atomic mass is 32.1. The van der Waals surface area contributed by atoms with Crippen LogP contribution in [0.2, 0.25) is 0 Å². The van der Waals surface area contributed by atoms with Crippen molar-refractivity contribution >= 4 is 22.5 Å². The Morgan fingerprint density at radius 3 is 2.44 bits per heavy atom. The second kappa shape index (κ2) is 10.7. The summed E-state index contributed by atoms with van der Waals surface area (Å²) in [7, 11) is 0. The molecule has 0 bridgehead atoms. The molecule has 1 aromatic carbocycles. The van der Waals surface area contributed by atoms with Gasteiger partial charge in [-0.3, -0.25) is 5.32 Å². The summed E-state index contributed by atoms with van der Waals surface area (Å²) in [5.41, 5.74) is 0.997. The van der Waals surface area contributed by atoms with Gasteiger partial charge in [-0.2, -0.15) is 0 Å². The van der Waals surface area contributed by atoms with E-state index in [0.29, 0.717) is 55.9 Å². The Hall–Kier alpha value is -2.36. The molecule has 0 aliphatic heterocycles. The molecule has 148 valence electrons. The van der Waals surface area contributed by atoms with Crippen LogP contribution < -0.4 is 5.32 Å². The van der Waals surface area contributed by atoms with Crippen molar-refractivity contribution in [1.82, 2.24) is 9.88 Å². The lowest BCUT2D eigenvalue weighted by Crippen LogP contribution is -2.39. The van der Waals surface area contributed by atoms with Gasteiger partial charge in [0.2, 0.25) is 0 Å². The smallest absolute Gasteiger partial charge is 0.323 e. The Balaban J connectivity index is 2.02. The zero-order valence-corrected chi connectivity index (χ0v) is 16.3. The van der Waals surface area contributed by atoms with Gasteiger partial charge in [0.05, 0.1) is 18.9 Å². The van der Waals surface area contributed by atoms with E-state index in [4.69, 9.17) is 9.47 Å². The van der Waals surface area contributed by atoms with E-state index in [-0.39, 0.29) is 17.5 Å². The molecular weight excluding hydrogens is 370 g/mol. The van der Waals surface area contributed by atoms with Crippen LogP contribution >= 0.6 is 11.3 Å². The molecule has 0 saturated carbocycles. The lowest BCUT2D eigenvalue weighted by Gasteiger charge is -2.22. The normalized spacial score (nSPS) is 10.7. The van der Waals surface area contributed by atoms with Crippen molar-refractivity contribution in [3.8, 4) is 22.8 Å². The van der Waals surface area contributed by atoms with Gasteiger partial charge in [0, 0.05) is 43.3 Å². The molecule has 1 heterocycles. The van der Waals surface area contributed by atoms with E-state index in [9.17, 15) is 15.0 Å². The second-order valence-electron chi connectivity index (χ2n) is 5.55. The van der Waals surface area contributed by atoms with Crippen LogP contribution in [-0.4, -0.2) is 65.6 Å². The highest BCUT2D eigenvalue weighted by Crippen LogP contribution is 2.33. The average molecular weight is 395 g/mol. The molecule has 0 aliphatic rings. The molecule has 0 unspecified atom stereocenters. The predicted molar refractivity (Wildman–Crippen MR) is 104 cm³/mol. The summed E-state index contributed by atoms with van der Waals surface area (Å²) < 4.78 is 10.7. The maximum absolute atomic E-state index is 12.5. The SMILES string of the molecule is CCOCCN(CCOCC)C(=O)Nc1nc(-c2ccc(O)cc2O)cs1. The average Bonchev–Trinajstić information content (AvgIpc) is 3.08. The number of nitrogens with zero attached hydrogens (tertiary/aromatic N) is 2. The lowest BCUT2D eigenvalue weighted by atomic mass is 10.1. The van der Waals surface area contributed by atoms with Crippen molar-refractivity contribution in [1.29, 1.82) is 0 Å². The molecule has 0 fully saturated rings. The van der Waals surface area contributed by atoms with E-state index in [1.807, 2.05) is 13.8 Å². The number of rotatable bonds is 10. The third-order valence-electron chi connectivity index (χ3n) is 3.68. The van der Waals surface area contributed by atoms with Crippen LogP contribution in [0.1, 0.15) is 13.8 Å². The number of urea groups is 1. The summed E-state index contributed by atoms with van der Waals surface area (Å²) in [5.74, 6) is -0.104. The van der Waals surface area contributed by atoms with Gasteiger partial charge in [-0.25, -0.2) is 9.78 Å². The number of hydrogen-bond donors (Lipinski definition) is 3. The van der Waals surface area contributed by atoms with Crippen LogP contribution in [0.25, 0.3) is 11.3 Å². The Bertz CT molecular complexity index is 728. The first-order valence-electron chi connectivity index (χ1n) is 8.74. The summed E-state index contributed by atoms with van der Waals surface area (Å²) in [4.78, 5) is 18.5. The predicted octanol–water partition coefficient (Wildman–Crippen LogP) is 3.13. The zero-order chi connectivity index (χ0) is 19.6. The van der Waals surface area contributed by atoms with Crippen LogP contribution in [0.5, 0.6) is 11.5 Å². The number of nitrogens with one attached hydrogen (secondary N) is 1. The molecule has 1 aromatic heterocycles. The number of hydrogen-bond acceptors (Lipinski definition) is 7. The number of phenols is 2. The molecular formula is C18H25N3O5S. The summed E-state index contributed by atoms with van der Waals surface area (Å²) in [6, 6.07) is 4.00. The quantitative estimate of drug-likeness (QED) is 0.534. The Kier molecular flexibility index (Phi) is 8.31. The van der Waals surface area contributed by atoms with E-state index >= 15 is 0 Å². The van der Waals surface area contributed by atoms with Gasteiger partial charge in [0.15, 0.2) is 5.13 Å². The summed E-state index contributed by atoms with van der Waals surface area (Å²) in [6.45, 7) is 6.77. The minimum Gasteiger partial charge on any atom is -0.508 e. The topological polar surface area (TPSA) is 104 Å². The van der Waals surface area contributed by atoms with Gasteiger partial charge in [0.25, 0.3) is 0 Å². The minimum absolute atomic E-state index is 0.0285. The van der Waals surface area contributed by atoms with Crippen LogP contribution in [-0.2, 0) is 9.47 Å². The van der Waals surface area contributed by atoms with Gasteiger partial charge in [-0.1, -0.05) is 0 Å². The highest BCUT2D eigenvalue weighted by Gasteiger charge is 2.16. The molecule has 0 spiro atoms. The molecule has 0 radical (unpaired) electrons. The first-order chi connectivity index (χ1) is 13.0. The van der Waals surface area contributed by atoms with Crippen LogP contribution in [0, 0.1) is 0 Å². The Morgan fingerprint density at radius 1 is 1.19 bits per heavy atom. The van der Waals surface area contributed by atoms with Crippen molar-refractivity contribution in [2.45, 2.75) is 13.8 Å². The highest BCUT2D eigenvalue weighted by molar-refractivity contribution is 7.14. The number of amides is 2. The Labute approximate surface area is 162 Å². The van der Waals surface area contributed by atoms with Crippen molar-refractivity contribution < 1.29 is 24.5 Å². The molecule has 0 saturated heterocycles. The third-order valence-corrected chi connectivity index (χ3v) is 4.44. The standard InChI is InChI=1S/C18H25N3O5S/c1-3-25-9-7-21(8-10-26-4-2)18(24)20-17-19-15(12-27-17)14-6-5-13(22)11-16(14)23/h5-6,11-12,22-23H,3-4,7-10H2,1-2H3,(H,19,20,24). The summed E-state index contributed by atoms with van der Waals surface area (Å²) >= 11 is 1.25. The molecule has 3 N–H and O–H groups in total. The monoisotopic (exact) mass is 395 g/mol. The van der Waals surface area contributed by atoms with E-state index in [1.165, 1.54) is 23.5 Å². The minimum atomic E-state index is -0.287. The Morgan fingerprint density at radius 2 is 1.85 bits per heavy atom. The molecule has 2 amide bonds. The van der Waals surface area contributed by atoms with E-state index in [1.54, 1.807) is 16.3 Å². The van der Waals surface area contributed by atoms with E-state index < -0.39 is 0 Å². The fourth-order valence-electron chi connectivity index (χ4n) is 2.32. The first-order valence-corrected chi connectivity index (χ1v) is 9.62. The van der Waals surface area contributed by atoms with Crippen LogP contribution in [0.15, 0.2) is 23.6 Å². The van der Waals surface area contributed by atoms with Crippen molar-refractivity contribution in [2.75, 3.05) is 44.8 Å². The number of phenolic OH excluding ortho intramolecular Hbond substituents is 2. The molecule has 2 rings (SSSR count). The molecule has 2 aromatic rings. The van der Waals surface area contributed by atoms with Gasteiger partial charge in [0.1, 0.15) is 11.5 Å². The van der Waals surface area contributed by atoms with Gasteiger partial charge in [-0.15, -0.1) is 11.3 Å². The van der Waals surface area contributed by atoms with Crippen molar-refractivity contribution in [2.24, 2.45) is 0 Å². The number of thiazole rings is 1. The van der Waals surface area contributed by atoms with E-state index in [2.05, 4.69) is 10.3 Å². The number of carbonyl (C=O) groups excluding carboxylic acids is 1. The van der Waals surface area contributed by atoms with Crippen LogP contribution in [0.3, 0.4) is 0 Å². The second-order valence-corrected chi connectivity index (χ2v) is 6.41. The third kappa shape index (κ3) is 6.38. The zero-order valence-electron chi connectivity index (χ0n) is 15.5. The summed E-state index contributed by atoms with van der Waals surface area (Å²) in [6.07, 6.45) is 0.